The van der Waals surface area contributed by atoms with Crippen LogP contribution in [0, 0.1) is 0 Å². The number of aromatic nitrogens is 3. The van der Waals surface area contributed by atoms with Crippen LogP contribution in [0.3, 0.4) is 0 Å². The number of rotatable bonds is 8. The molecular weight excluding hydrogens is 420 g/mol. The van der Waals surface area contributed by atoms with Crippen LogP contribution in [0.15, 0.2) is 41.2 Å². The minimum absolute atomic E-state index is 0.0160. The summed E-state index contributed by atoms with van der Waals surface area (Å²) in [6.07, 6.45) is 1.46. The van der Waals surface area contributed by atoms with Gasteiger partial charge in [0.25, 0.3) is 5.56 Å². The number of anilines is 1. The first-order valence-electron chi connectivity index (χ1n) is 11.2. The zero-order valence-corrected chi connectivity index (χ0v) is 19.7. The number of methoxy groups -OCH3 is 2. The molecule has 0 aliphatic heterocycles. The molecule has 0 unspecified atom stereocenters. The van der Waals surface area contributed by atoms with Crippen molar-refractivity contribution in [1.29, 1.82) is 0 Å². The van der Waals surface area contributed by atoms with Gasteiger partial charge in [-0.15, -0.1) is 0 Å². The van der Waals surface area contributed by atoms with Crippen LogP contribution in [-0.4, -0.2) is 41.5 Å². The van der Waals surface area contributed by atoms with Crippen molar-refractivity contribution in [2.24, 2.45) is 7.05 Å². The lowest BCUT2D eigenvalue weighted by Gasteiger charge is -2.25. The lowest BCUT2D eigenvalue weighted by atomic mass is 10.1. The van der Waals surface area contributed by atoms with E-state index in [1.54, 1.807) is 23.7 Å². The van der Waals surface area contributed by atoms with Crippen molar-refractivity contribution in [1.82, 2.24) is 14.5 Å². The Bertz CT molecular complexity index is 1210. The Kier molecular flexibility index (Phi) is 6.65. The molecule has 0 spiro atoms. The highest BCUT2D eigenvalue weighted by molar-refractivity contribution is 5.66. The number of hydrogen-bond acceptors (Lipinski definition) is 7. The zero-order valence-electron chi connectivity index (χ0n) is 19.7. The van der Waals surface area contributed by atoms with Crippen molar-refractivity contribution < 1.29 is 14.2 Å². The van der Waals surface area contributed by atoms with Crippen LogP contribution in [0.1, 0.15) is 36.7 Å². The van der Waals surface area contributed by atoms with Gasteiger partial charge in [-0.3, -0.25) is 9.36 Å². The lowest BCUT2D eigenvalue weighted by Crippen LogP contribution is -2.31. The summed E-state index contributed by atoms with van der Waals surface area (Å²) >= 11 is 0. The fourth-order valence-corrected chi connectivity index (χ4v) is 4.41. The van der Waals surface area contributed by atoms with Gasteiger partial charge >= 0.3 is 0 Å². The van der Waals surface area contributed by atoms with Gasteiger partial charge in [0.1, 0.15) is 11.5 Å². The van der Waals surface area contributed by atoms with Gasteiger partial charge in [0, 0.05) is 26.1 Å². The minimum atomic E-state index is -0.237. The van der Waals surface area contributed by atoms with Gasteiger partial charge in [-0.2, -0.15) is 4.98 Å². The molecule has 3 aromatic rings. The molecule has 0 fully saturated rings. The topological polar surface area (TPSA) is 87.5 Å². The fourth-order valence-electron chi connectivity index (χ4n) is 4.41. The molecule has 8 nitrogen and oxygen atoms in total. The van der Waals surface area contributed by atoms with Crippen molar-refractivity contribution in [2.45, 2.75) is 38.8 Å². The molecule has 0 amide bonds. The van der Waals surface area contributed by atoms with Crippen LogP contribution < -0.4 is 20.3 Å². The maximum absolute atomic E-state index is 13.4. The summed E-state index contributed by atoms with van der Waals surface area (Å²) < 4.78 is 18.3. The molecule has 2 atom stereocenters. The zero-order chi connectivity index (χ0) is 23.5. The van der Waals surface area contributed by atoms with E-state index in [1.807, 2.05) is 26.0 Å². The van der Waals surface area contributed by atoms with E-state index in [-0.39, 0.29) is 17.7 Å². The third-order valence-electron chi connectivity index (χ3n) is 6.05. The standard InChI is InChI=1S/C25H30N4O4/c1-6-18-23(28-21-16-11-9-8-10-15(16)14-19(21)33-7-2)29(3)25(30)22(26-18)17-12-13-20(31-4)27-24(17)32-5/h8-13,19,21,28H,6-7,14H2,1-5H3/t19-,21+/m0/s1. The molecular formula is C25H30N4O4. The van der Waals surface area contributed by atoms with E-state index in [0.29, 0.717) is 41.9 Å². The first kappa shape index (κ1) is 22.8. The largest absolute Gasteiger partial charge is 0.481 e. The van der Waals surface area contributed by atoms with Crippen molar-refractivity contribution in [3.8, 4) is 23.0 Å². The van der Waals surface area contributed by atoms with Crippen molar-refractivity contribution in [2.75, 3.05) is 26.1 Å². The Morgan fingerprint density at radius 1 is 1.09 bits per heavy atom. The number of nitrogens with one attached hydrogen (secondary N) is 1. The van der Waals surface area contributed by atoms with Gasteiger partial charge in [-0.25, -0.2) is 4.98 Å². The predicted octanol–water partition coefficient (Wildman–Crippen LogP) is 3.54. The maximum atomic E-state index is 13.4. The maximum Gasteiger partial charge on any atom is 0.278 e. The van der Waals surface area contributed by atoms with E-state index in [2.05, 4.69) is 22.4 Å². The third-order valence-corrected chi connectivity index (χ3v) is 6.05. The number of benzene rings is 1. The molecule has 2 aromatic heterocycles. The second-order valence-electron chi connectivity index (χ2n) is 7.90. The Balaban J connectivity index is 1.79. The van der Waals surface area contributed by atoms with E-state index >= 15 is 0 Å². The van der Waals surface area contributed by atoms with Gasteiger partial charge in [0.15, 0.2) is 0 Å². The number of ether oxygens (including phenoxy) is 3. The molecule has 0 saturated carbocycles. The average Bonchev–Trinajstić information content (AvgIpc) is 3.19. The van der Waals surface area contributed by atoms with Gasteiger partial charge < -0.3 is 19.5 Å². The summed E-state index contributed by atoms with van der Waals surface area (Å²) in [6.45, 7) is 4.64. The second-order valence-corrected chi connectivity index (χ2v) is 7.90. The normalized spacial score (nSPS) is 17.0. The third kappa shape index (κ3) is 4.18. The number of pyridine rings is 1. The molecule has 0 saturated heterocycles. The molecule has 4 rings (SSSR count). The van der Waals surface area contributed by atoms with E-state index < -0.39 is 0 Å². The molecule has 1 aliphatic rings. The van der Waals surface area contributed by atoms with Crippen molar-refractivity contribution >= 4 is 5.82 Å². The van der Waals surface area contributed by atoms with Gasteiger partial charge in [-0.1, -0.05) is 31.2 Å². The van der Waals surface area contributed by atoms with Crippen LogP contribution in [0.5, 0.6) is 11.8 Å². The first-order valence-corrected chi connectivity index (χ1v) is 11.2. The Morgan fingerprint density at radius 2 is 1.88 bits per heavy atom. The summed E-state index contributed by atoms with van der Waals surface area (Å²) in [5, 5.41) is 3.59. The smallest absolute Gasteiger partial charge is 0.278 e. The second kappa shape index (κ2) is 9.62. The van der Waals surface area contributed by atoms with E-state index in [9.17, 15) is 4.79 Å². The molecule has 0 radical (unpaired) electrons. The SMILES string of the molecule is CCO[C@H]1Cc2ccccc2[C@H]1Nc1c(CC)nc(-c2ccc(OC)nc2OC)c(=O)n1C. The predicted molar refractivity (Wildman–Crippen MR) is 127 cm³/mol. The number of nitrogens with zero attached hydrogens (tertiary/aromatic N) is 3. The van der Waals surface area contributed by atoms with E-state index in [4.69, 9.17) is 19.2 Å². The summed E-state index contributed by atoms with van der Waals surface area (Å²) in [5.41, 5.74) is 3.81. The van der Waals surface area contributed by atoms with Gasteiger partial charge in [0.05, 0.1) is 37.6 Å². The first-order chi connectivity index (χ1) is 16.0. The quantitative estimate of drug-likeness (QED) is 0.562. The highest BCUT2D eigenvalue weighted by atomic mass is 16.5. The minimum Gasteiger partial charge on any atom is -0.481 e. The number of aryl methyl sites for hydroxylation is 1. The molecule has 33 heavy (non-hydrogen) atoms. The summed E-state index contributed by atoms with van der Waals surface area (Å²) in [4.78, 5) is 22.5. The molecule has 8 heteroatoms. The highest BCUT2D eigenvalue weighted by Gasteiger charge is 2.34. The van der Waals surface area contributed by atoms with Gasteiger partial charge in [0.2, 0.25) is 11.8 Å². The monoisotopic (exact) mass is 450 g/mol. The number of fused-ring (bicyclic) bond motifs is 1. The molecule has 2 heterocycles. The van der Waals surface area contributed by atoms with Crippen LogP contribution in [0.25, 0.3) is 11.3 Å². The summed E-state index contributed by atoms with van der Waals surface area (Å²) in [7, 11) is 4.80. The van der Waals surface area contributed by atoms with Crippen molar-refractivity contribution in [3.05, 3.63) is 63.6 Å². The van der Waals surface area contributed by atoms with Crippen LogP contribution in [-0.2, 0) is 24.6 Å². The summed E-state index contributed by atoms with van der Waals surface area (Å²) in [5.74, 6) is 1.39. The Morgan fingerprint density at radius 3 is 2.58 bits per heavy atom. The van der Waals surface area contributed by atoms with E-state index in [0.717, 1.165) is 12.1 Å². The van der Waals surface area contributed by atoms with Crippen LogP contribution in [0.2, 0.25) is 0 Å². The van der Waals surface area contributed by atoms with Crippen LogP contribution in [0.4, 0.5) is 5.82 Å². The average molecular weight is 451 g/mol. The highest BCUT2D eigenvalue weighted by Crippen LogP contribution is 2.37. The Labute approximate surface area is 193 Å². The molecule has 1 N–H and O–H groups in total. The molecule has 174 valence electrons. The fraction of sp³-hybridized carbons (Fsp3) is 0.400. The van der Waals surface area contributed by atoms with Crippen molar-refractivity contribution in [3.63, 3.8) is 0 Å². The summed E-state index contributed by atoms with van der Waals surface area (Å²) in [6, 6.07) is 11.7. The number of hydrogen-bond donors (Lipinski definition) is 1. The van der Waals surface area contributed by atoms with E-state index in [1.165, 1.54) is 25.3 Å². The molecule has 1 aliphatic carbocycles. The molecule has 1 aromatic carbocycles. The Hall–Kier alpha value is -3.39. The van der Waals surface area contributed by atoms with Gasteiger partial charge in [-0.05, 0) is 30.5 Å². The molecule has 0 bridgehead atoms. The lowest BCUT2D eigenvalue weighted by molar-refractivity contribution is 0.0572. The van der Waals surface area contributed by atoms with Crippen LogP contribution >= 0.6 is 0 Å².